The van der Waals surface area contributed by atoms with Gasteiger partial charge in [-0.25, -0.2) is 9.97 Å². The lowest BCUT2D eigenvalue weighted by Gasteiger charge is -2.13. The zero-order chi connectivity index (χ0) is 29.5. The summed E-state index contributed by atoms with van der Waals surface area (Å²) in [6.45, 7) is 4.21. The molecule has 0 aliphatic carbocycles. The summed E-state index contributed by atoms with van der Waals surface area (Å²) in [7, 11) is 0. The topological polar surface area (TPSA) is 78.3 Å². The standard InChI is InChI=1S/C38H25N5/c1-24-5-3-7-26(15-24)29-9-12-33-34-13-10-30(27-8-4-6-25(2)16-27)19-37(34)43(36(33)18-29)35-14-11-28(17-31(35)20-39)32-22-41-38(21-40)42-23-32/h3-19,22-23H,1-2H3. The molecule has 0 saturated carbocycles. The first kappa shape index (κ1) is 25.9. The van der Waals surface area contributed by atoms with Crippen molar-refractivity contribution in [3.05, 3.63) is 138 Å². The van der Waals surface area contributed by atoms with Crippen LogP contribution in [0, 0.1) is 36.5 Å². The molecule has 0 atom stereocenters. The molecule has 0 saturated heterocycles. The van der Waals surface area contributed by atoms with E-state index >= 15 is 0 Å². The van der Waals surface area contributed by atoms with Crippen molar-refractivity contribution >= 4 is 21.8 Å². The first-order valence-corrected chi connectivity index (χ1v) is 14.0. The summed E-state index contributed by atoms with van der Waals surface area (Å²) in [5.41, 5.74) is 11.9. The average molecular weight is 552 g/mol. The zero-order valence-electron chi connectivity index (χ0n) is 23.7. The second-order valence-corrected chi connectivity index (χ2v) is 10.8. The molecule has 5 heteroatoms. The molecule has 0 unspecified atom stereocenters. The fourth-order valence-electron chi connectivity index (χ4n) is 5.82. The Labute approximate surface area is 249 Å². The molecule has 2 heterocycles. The van der Waals surface area contributed by atoms with Crippen molar-refractivity contribution in [2.75, 3.05) is 0 Å². The lowest BCUT2D eigenvalue weighted by Crippen LogP contribution is -1.99. The van der Waals surface area contributed by atoms with Gasteiger partial charge in [0.05, 0.1) is 22.3 Å². The van der Waals surface area contributed by atoms with Gasteiger partial charge in [-0.05, 0) is 65.9 Å². The Balaban J connectivity index is 1.50. The first-order chi connectivity index (χ1) is 21.0. The molecule has 0 amide bonds. The second-order valence-electron chi connectivity index (χ2n) is 10.8. The number of aryl methyl sites for hydroxylation is 2. The molecule has 5 aromatic carbocycles. The number of aromatic nitrogens is 3. The van der Waals surface area contributed by atoms with Gasteiger partial charge in [-0.15, -0.1) is 0 Å². The number of rotatable bonds is 4. The van der Waals surface area contributed by atoms with Crippen molar-refractivity contribution in [2.24, 2.45) is 0 Å². The third kappa shape index (κ3) is 4.60. The van der Waals surface area contributed by atoms with Crippen LogP contribution in [-0.2, 0) is 0 Å². The molecule has 43 heavy (non-hydrogen) atoms. The minimum absolute atomic E-state index is 0.111. The minimum atomic E-state index is 0.111. The van der Waals surface area contributed by atoms with Gasteiger partial charge in [0, 0.05) is 28.7 Å². The third-order valence-electron chi connectivity index (χ3n) is 7.91. The van der Waals surface area contributed by atoms with E-state index in [2.05, 4.69) is 119 Å². The SMILES string of the molecule is Cc1cccc(-c2ccc3c4ccc(-c5cccc(C)c5)cc4n(-c4ccc(-c5cnc(C#N)nc5)cc4C#N)c3c2)c1. The van der Waals surface area contributed by atoms with Crippen LogP contribution < -0.4 is 0 Å². The highest BCUT2D eigenvalue weighted by Gasteiger charge is 2.18. The Hall–Kier alpha value is -6.04. The van der Waals surface area contributed by atoms with E-state index in [0.29, 0.717) is 5.56 Å². The van der Waals surface area contributed by atoms with E-state index < -0.39 is 0 Å². The largest absolute Gasteiger partial charge is 0.308 e. The van der Waals surface area contributed by atoms with Crippen molar-refractivity contribution in [1.29, 1.82) is 10.5 Å². The third-order valence-corrected chi connectivity index (χ3v) is 7.91. The Kier molecular flexibility index (Phi) is 6.27. The van der Waals surface area contributed by atoms with Gasteiger partial charge in [-0.1, -0.05) is 90.0 Å². The van der Waals surface area contributed by atoms with Crippen molar-refractivity contribution in [1.82, 2.24) is 14.5 Å². The van der Waals surface area contributed by atoms with Crippen molar-refractivity contribution in [2.45, 2.75) is 13.8 Å². The molecule has 7 aromatic rings. The Bertz CT molecular complexity index is 2180. The van der Waals surface area contributed by atoms with Crippen LogP contribution in [0.5, 0.6) is 0 Å². The Morgan fingerprint density at radius 3 is 1.56 bits per heavy atom. The summed E-state index contributed by atoms with van der Waals surface area (Å²) in [4.78, 5) is 8.22. The molecule has 5 nitrogen and oxygen atoms in total. The lowest BCUT2D eigenvalue weighted by atomic mass is 10.0. The van der Waals surface area contributed by atoms with Crippen LogP contribution in [0.15, 0.2) is 116 Å². The van der Waals surface area contributed by atoms with Gasteiger partial charge in [0.1, 0.15) is 12.1 Å². The quantitative estimate of drug-likeness (QED) is 0.219. The van der Waals surface area contributed by atoms with Gasteiger partial charge in [0.25, 0.3) is 0 Å². The molecule has 2 aromatic heterocycles. The summed E-state index contributed by atoms with van der Waals surface area (Å²) < 4.78 is 2.21. The fraction of sp³-hybridized carbons (Fsp3) is 0.0526. The van der Waals surface area contributed by atoms with Crippen molar-refractivity contribution in [3.8, 4) is 51.2 Å². The number of fused-ring (bicyclic) bond motifs is 3. The molecule has 202 valence electrons. The number of benzene rings is 5. The molecular weight excluding hydrogens is 526 g/mol. The summed E-state index contributed by atoms with van der Waals surface area (Å²) in [5, 5.41) is 21.7. The van der Waals surface area contributed by atoms with Gasteiger partial charge in [-0.3, -0.25) is 0 Å². The van der Waals surface area contributed by atoms with Crippen LogP contribution in [0.3, 0.4) is 0 Å². The average Bonchev–Trinajstić information content (AvgIpc) is 3.37. The van der Waals surface area contributed by atoms with Crippen LogP contribution in [0.4, 0.5) is 0 Å². The van der Waals surface area contributed by atoms with Gasteiger partial charge in [-0.2, -0.15) is 10.5 Å². The Morgan fingerprint density at radius 1 is 0.535 bits per heavy atom. The maximum absolute atomic E-state index is 10.4. The van der Waals surface area contributed by atoms with Gasteiger partial charge in [0.15, 0.2) is 0 Å². The summed E-state index contributed by atoms with van der Waals surface area (Å²) in [5.74, 6) is 0.111. The normalized spacial score (nSPS) is 11.0. The highest BCUT2D eigenvalue weighted by Crippen LogP contribution is 2.38. The minimum Gasteiger partial charge on any atom is -0.308 e. The van der Waals surface area contributed by atoms with Crippen molar-refractivity contribution in [3.63, 3.8) is 0 Å². The summed E-state index contributed by atoms with van der Waals surface area (Å²) in [6, 6.07) is 40.4. The fourth-order valence-corrected chi connectivity index (χ4v) is 5.82. The van der Waals surface area contributed by atoms with E-state index in [4.69, 9.17) is 5.26 Å². The maximum Gasteiger partial charge on any atom is 0.232 e. The van der Waals surface area contributed by atoms with E-state index in [9.17, 15) is 5.26 Å². The van der Waals surface area contributed by atoms with Crippen molar-refractivity contribution < 1.29 is 0 Å². The molecule has 0 fully saturated rings. The molecule has 0 aliphatic heterocycles. The van der Waals surface area contributed by atoms with Crippen LogP contribution in [0.25, 0.3) is 60.9 Å². The highest BCUT2D eigenvalue weighted by atomic mass is 15.0. The predicted octanol–water partition coefficient (Wildman–Crippen LogP) is 8.93. The molecule has 0 spiro atoms. The smallest absolute Gasteiger partial charge is 0.232 e. The number of hydrogen-bond donors (Lipinski definition) is 0. The molecule has 0 bridgehead atoms. The van der Waals surface area contributed by atoms with Crippen LogP contribution in [0.1, 0.15) is 22.5 Å². The monoisotopic (exact) mass is 551 g/mol. The zero-order valence-corrected chi connectivity index (χ0v) is 23.7. The van der Waals surface area contributed by atoms with E-state index in [1.54, 1.807) is 12.4 Å². The number of hydrogen-bond acceptors (Lipinski definition) is 4. The van der Waals surface area contributed by atoms with E-state index in [-0.39, 0.29) is 5.82 Å². The predicted molar refractivity (Wildman–Crippen MR) is 172 cm³/mol. The molecule has 0 aliphatic rings. The van der Waals surface area contributed by atoms with Gasteiger partial charge in [0.2, 0.25) is 5.82 Å². The lowest BCUT2D eigenvalue weighted by molar-refractivity contribution is 1.11. The van der Waals surface area contributed by atoms with Crippen LogP contribution in [-0.4, -0.2) is 14.5 Å². The summed E-state index contributed by atoms with van der Waals surface area (Å²) >= 11 is 0. The Morgan fingerprint density at radius 2 is 1.05 bits per heavy atom. The molecular formula is C38H25N5. The second kappa shape index (κ2) is 10.4. The molecule has 7 rings (SSSR count). The van der Waals surface area contributed by atoms with Crippen LogP contribution >= 0.6 is 0 Å². The van der Waals surface area contributed by atoms with Gasteiger partial charge >= 0.3 is 0 Å². The van der Waals surface area contributed by atoms with E-state index in [0.717, 1.165) is 60.9 Å². The van der Waals surface area contributed by atoms with E-state index in [1.807, 2.05) is 24.3 Å². The molecule has 0 radical (unpaired) electrons. The molecule has 0 N–H and O–H groups in total. The number of nitrogens with zero attached hydrogens (tertiary/aromatic N) is 5. The first-order valence-electron chi connectivity index (χ1n) is 14.0. The van der Waals surface area contributed by atoms with Crippen LogP contribution in [0.2, 0.25) is 0 Å². The maximum atomic E-state index is 10.4. The number of nitriles is 2. The summed E-state index contributed by atoms with van der Waals surface area (Å²) in [6.07, 6.45) is 3.23. The van der Waals surface area contributed by atoms with Gasteiger partial charge < -0.3 is 4.57 Å². The van der Waals surface area contributed by atoms with E-state index in [1.165, 1.54) is 11.1 Å². The highest BCUT2D eigenvalue weighted by molar-refractivity contribution is 6.11.